The second-order valence-corrected chi connectivity index (χ2v) is 8.73. The van der Waals surface area contributed by atoms with Crippen LogP contribution in [0.5, 0.6) is 5.75 Å². The first-order valence-electron chi connectivity index (χ1n) is 10.4. The number of thioether (sulfide) groups is 1. The Morgan fingerprint density at radius 2 is 2.13 bits per heavy atom. The Labute approximate surface area is 185 Å². The van der Waals surface area contributed by atoms with Crippen molar-refractivity contribution in [3.8, 4) is 11.4 Å². The molecule has 1 fully saturated rings. The number of aryl methyl sites for hydroxylation is 2. The van der Waals surface area contributed by atoms with Gasteiger partial charge >= 0.3 is 0 Å². The van der Waals surface area contributed by atoms with Crippen molar-refractivity contribution in [2.45, 2.75) is 51.4 Å². The van der Waals surface area contributed by atoms with Crippen LogP contribution in [0.25, 0.3) is 5.69 Å². The van der Waals surface area contributed by atoms with Gasteiger partial charge in [-0.2, -0.15) is 4.68 Å². The SMILES string of the molecule is COc1ccc(C)cc1-n1nnnc1SCC(=O)c1cc(C)n(CC2CCCO2)c1C. The molecular formula is C22H27N5O3S. The van der Waals surface area contributed by atoms with Crippen molar-refractivity contribution in [2.75, 3.05) is 19.5 Å². The van der Waals surface area contributed by atoms with E-state index in [0.717, 1.165) is 54.2 Å². The van der Waals surface area contributed by atoms with E-state index < -0.39 is 0 Å². The predicted octanol–water partition coefficient (Wildman–Crippen LogP) is 3.55. The largest absolute Gasteiger partial charge is 0.494 e. The van der Waals surface area contributed by atoms with E-state index >= 15 is 0 Å². The molecule has 0 amide bonds. The molecule has 164 valence electrons. The van der Waals surface area contributed by atoms with Gasteiger partial charge in [0.15, 0.2) is 5.78 Å². The van der Waals surface area contributed by atoms with Crippen LogP contribution in [0.2, 0.25) is 0 Å². The zero-order valence-electron chi connectivity index (χ0n) is 18.3. The summed E-state index contributed by atoms with van der Waals surface area (Å²) in [5.41, 5.74) is 4.62. The van der Waals surface area contributed by atoms with Crippen molar-refractivity contribution < 1.29 is 14.3 Å². The van der Waals surface area contributed by atoms with E-state index in [-0.39, 0.29) is 17.6 Å². The molecule has 0 bridgehead atoms. The van der Waals surface area contributed by atoms with Crippen molar-refractivity contribution in [3.63, 3.8) is 0 Å². The molecule has 0 saturated carbocycles. The van der Waals surface area contributed by atoms with Gasteiger partial charge in [-0.3, -0.25) is 4.79 Å². The Kier molecular flexibility index (Phi) is 6.43. The summed E-state index contributed by atoms with van der Waals surface area (Å²) in [6, 6.07) is 7.78. The summed E-state index contributed by atoms with van der Waals surface area (Å²) in [5, 5.41) is 12.6. The Bertz CT molecular complexity index is 1090. The molecule has 9 heteroatoms. The first-order valence-corrected chi connectivity index (χ1v) is 11.3. The van der Waals surface area contributed by atoms with Crippen molar-refractivity contribution in [3.05, 3.63) is 46.8 Å². The van der Waals surface area contributed by atoms with E-state index in [1.165, 1.54) is 11.8 Å². The normalized spacial score (nSPS) is 16.1. The number of ketones is 1. The summed E-state index contributed by atoms with van der Waals surface area (Å²) >= 11 is 1.32. The fraction of sp³-hybridized carbons (Fsp3) is 0.455. The molecule has 2 aromatic heterocycles. The van der Waals surface area contributed by atoms with E-state index in [2.05, 4.69) is 20.1 Å². The molecule has 3 aromatic rings. The maximum absolute atomic E-state index is 13.0. The van der Waals surface area contributed by atoms with Crippen LogP contribution in [0.4, 0.5) is 0 Å². The third-order valence-corrected chi connectivity index (χ3v) is 6.54. The molecule has 1 aliphatic rings. The van der Waals surface area contributed by atoms with Crippen LogP contribution < -0.4 is 4.74 Å². The minimum Gasteiger partial charge on any atom is -0.494 e. The molecule has 31 heavy (non-hydrogen) atoms. The number of rotatable bonds is 8. The lowest BCUT2D eigenvalue weighted by Crippen LogP contribution is -2.17. The van der Waals surface area contributed by atoms with Crippen LogP contribution in [-0.4, -0.2) is 56.1 Å². The molecule has 0 radical (unpaired) electrons. The van der Waals surface area contributed by atoms with E-state index in [1.807, 2.05) is 45.0 Å². The van der Waals surface area contributed by atoms with Gasteiger partial charge in [0.25, 0.3) is 0 Å². The highest BCUT2D eigenvalue weighted by Crippen LogP contribution is 2.28. The molecular weight excluding hydrogens is 414 g/mol. The predicted molar refractivity (Wildman–Crippen MR) is 118 cm³/mol. The molecule has 1 saturated heterocycles. The number of methoxy groups -OCH3 is 1. The number of nitrogens with zero attached hydrogens (tertiary/aromatic N) is 5. The molecule has 1 unspecified atom stereocenters. The summed E-state index contributed by atoms with van der Waals surface area (Å²) in [7, 11) is 1.61. The summed E-state index contributed by atoms with van der Waals surface area (Å²) in [6.07, 6.45) is 2.41. The number of hydrogen-bond acceptors (Lipinski definition) is 7. The smallest absolute Gasteiger partial charge is 0.214 e. The van der Waals surface area contributed by atoms with Crippen molar-refractivity contribution in [1.82, 2.24) is 24.8 Å². The monoisotopic (exact) mass is 441 g/mol. The van der Waals surface area contributed by atoms with E-state index in [4.69, 9.17) is 9.47 Å². The molecule has 0 spiro atoms. The van der Waals surface area contributed by atoms with E-state index in [1.54, 1.807) is 11.8 Å². The number of carbonyl (C=O) groups excluding carboxylic acids is 1. The Balaban J connectivity index is 1.50. The number of carbonyl (C=O) groups is 1. The molecule has 1 aliphatic heterocycles. The second-order valence-electron chi connectivity index (χ2n) is 7.79. The fourth-order valence-electron chi connectivity index (χ4n) is 3.95. The second kappa shape index (κ2) is 9.23. The van der Waals surface area contributed by atoms with Gasteiger partial charge in [-0.05, 0) is 67.8 Å². The zero-order chi connectivity index (χ0) is 22.0. The summed E-state index contributed by atoms with van der Waals surface area (Å²) in [6.45, 7) is 7.66. The lowest BCUT2D eigenvalue weighted by atomic mass is 10.2. The van der Waals surface area contributed by atoms with Gasteiger partial charge in [-0.1, -0.05) is 17.8 Å². The van der Waals surface area contributed by atoms with Crippen molar-refractivity contribution >= 4 is 17.5 Å². The summed E-state index contributed by atoms with van der Waals surface area (Å²) in [4.78, 5) is 13.0. The molecule has 0 aliphatic carbocycles. The molecule has 0 N–H and O–H groups in total. The Morgan fingerprint density at radius 3 is 2.87 bits per heavy atom. The van der Waals surface area contributed by atoms with Crippen LogP contribution in [0, 0.1) is 20.8 Å². The number of hydrogen-bond donors (Lipinski definition) is 0. The third kappa shape index (κ3) is 4.52. The van der Waals surface area contributed by atoms with E-state index in [9.17, 15) is 4.79 Å². The minimum absolute atomic E-state index is 0.0578. The van der Waals surface area contributed by atoms with Crippen LogP contribution >= 0.6 is 11.8 Å². The lowest BCUT2D eigenvalue weighted by molar-refractivity contribution is 0.0957. The zero-order valence-corrected chi connectivity index (χ0v) is 19.1. The first kappa shape index (κ1) is 21.6. The molecule has 3 heterocycles. The van der Waals surface area contributed by atoms with Crippen molar-refractivity contribution in [2.24, 2.45) is 0 Å². The van der Waals surface area contributed by atoms with Gasteiger partial charge < -0.3 is 14.0 Å². The van der Waals surface area contributed by atoms with E-state index in [0.29, 0.717) is 10.9 Å². The molecule has 8 nitrogen and oxygen atoms in total. The van der Waals surface area contributed by atoms with Crippen LogP contribution in [0.1, 0.15) is 40.2 Å². The summed E-state index contributed by atoms with van der Waals surface area (Å²) < 4.78 is 15.0. The minimum atomic E-state index is 0.0578. The summed E-state index contributed by atoms with van der Waals surface area (Å²) in [5.74, 6) is 0.977. The molecule has 1 aromatic carbocycles. The van der Waals surface area contributed by atoms with Gasteiger partial charge in [0.05, 0.1) is 19.0 Å². The van der Waals surface area contributed by atoms with Crippen LogP contribution in [0.15, 0.2) is 29.4 Å². The average molecular weight is 442 g/mol. The van der Waals surface area contributed by atoms with Gasteiger partial charge in [0, 0.05) is 30.1 Å². The topological polar surface area (TPSA) is 84.1 Å². The van der Waals surface area contributed by atoms with Crippen molar-refractivity contribution in [1.29, 1.82) is 0 Å². The third-order valence-electron chi connectivity index (χ3n) is 5.62. The maximum Gasteiger partial charge on any atom is 0.214 e. The van der Waals surface area contributed by atoms with Gasteiger partial charge in [0.2, 0.25) is 5.16 Å². The van der Waals surface area contributed by atoms with Crippen LogP contribution in [-0.2, 0) is 11.3 Å². The standard InChI is InChI=1S/C22H27N5O3S/c1-14-7-8-21(29-4)19(10-14)27-22(23-24-25-27)31-13-20(28)18-11-15(2)26(16(18)3)12-17-6-5-9-30-17/h7-8,10-11,17H,5-6,9,12-13H2,1-4H3. The Morgan fingerprint density at radius 1 is 1.29 bits per heavy atom. The number of tetrazole rings is 1. The molecule has 4 rings (SSSR count). The van der Waals surface area contributed by atoms with Crippen LogP contribution in [0.3, 0.4) is 0 Å². The quantitative estimate of drug-likeness (QED) is 0.390. The maximum atomic E-state index is 13.0. The number of aromatic nitrogens is 5. The average Bonchev–Trinajstić information content (AvgIpc) is 3.50. The highest BCUT2D eigenvalue weighted by atomic mass is 32.2. The van der Waals surface area contributed by atoms with Gasteiger partial charge in [-0.15, -0.1) is 5.10 Å². The number of benzene rings is 1. The number of ether oxygens (including phenoxy) is 2. The fourth-order valence-corrected chi connectivity index (χ4v) is 4.72. The lowest BCUT2D eigenvalue weighted by Gasteiger charge is -2.14. The van der Waals surface area contributed by atoms with Gasteiger partial charge in [-0.25, -0.2) is 0 Å². The highest BCUT2D eigenvalue weighted by molar-refractivity contribution is 7.99. The molecule has 1 atom stereocenters. The first-order chi connectivity index (χ1) is 15.0. The number of Topliss-reactive ketones (excluding diaryl/α,β-unsaturated/α-hetero) is 1. The van der Waals surface area contributed by atoms with Gasteiger partial charge in [0.1, 0.15) is 11.4 Å². The Hall–Kier alpha value is -2.65. The highest BCUT2D eigenvalue weighted by Gasteiger charge is 2.22.